The summed E-state index contributed by atoms with van der Waals surface area (Å²) in [5.74, 6) is -2.36. The predicted octanol–water partition coefficient (Wildman–Crippen LogP) is 0.155. The van der Waals surface area contributed by atoms with Crippen molar-refractivity contribution < 1.29 is 42.6 Å². The van der Waals surface area contributed by atoms with Crippen molar-refractivity contribution in [3.8, 4) is 0 Å². The maximum Gasteiger partial charge on any atom is 0.349 e. The van der Waals surface area contributed by atoms with E-state index in [0.29, 0.717) is 11.2 Å². The molecule has 2 amide bonds. The molecule has 1 fully saturated rings. The Labute approximate surface area is 170 Å². The van der Waals surface area contributed by atoms with Gasteiger partial charge in [0, 0.05) is 26.1 Å². The molecule has 0 aliphatic carbocycles. The van der Waals surface area contributed by atoms with E-state index in [1.54, 1.807) is 20.8 Å². The summed E-state index contributed by atoms with van der Waals surface area (Å²) in [5, 5.41) is 2.97. The van der Waals surface area contributed by atoms with Crippen LogP contribution in [-0.2, 0) is 42.6 Å². The Balaban J connectivity index is 3.14. The third kappa shape index (κ3) is 6.45. The second-order valence-corrected chi connectivity index (χ2v) is 8.94. The number of hydrogen-bond acceptors (Lipinski definition) is 10. The van der Waals surface area contributed by atoms with Crippen molar-refractivity contribution in [2.24, 2.45) is 0 Å². The lowest BCUT2D eigenvalue weighted by atomic mass is 9.97. The van der Waals surface area contributed by atoms with Gasteiger partial charge in [0.25, 0.3) is 26.6 Å². The van der Waals surface area contributed by atoms with Gasteiger partial charge in [-0.05, 0) is 27.7 Å². The molecule has 0 saturated carbocycles. The van der Waals surface area contributed by atoms with Crippen LogP contribution in [0.3, 0.4) is 0 Å². The summed E-state index contributed by atoms with van der Waals surface area (Å²) in [6.45, 7) is 6.84. The van der Waals surface area contributed by atoms with Crippen LogP contribution in [-0.4, -0.2) is 74.0 Å². The Morgan fingerprint density at radius 3 is 2.21 bits per heavy atom. The Bertz CT molecular complexity index is 638. The summed E-state index contributed by atoms with van der Waals surface area (Å²) < 4.78 is 30.3. The van der Waals surface area contributed by atoms with Crippen molar-refractivity contribution >= 4 is 38.8 Å². The summed E-state index contributed by atoms with van der Waals surface area (Å²) >= 11 is 0. The molecule has 11 nitrogen and oxygen atoms in total. The van der Waals surface area contributed by atoms with Crippen LogP contribution in [0.15, 0.2) is 0 Å². The molecular weight excluding hydrogens is 406 g/mol. The molecule has 0 bridgehead atoms. The maximum absolute atomic E-state index is 13.7. The molecule has 13 heteroatoms. The molecule has 0 aromatic rings. The summed E-state index contributed by atoms with van der Waals surface area (Å²) in [4.78, 5) is 51.7. The zero-order valence-electron chi connectivity index (χ0n) is 17.2. The van der Waals surface area contributed by atoms with E-state index in [0.717, 1.165) is 0 Å². The molecule has 1 saturated heterocycles. The number of amides is 2. The molecule has 164 valence electrons. The highest BCUT2D eigenvalue weighted by atomic mass is 31.2. The van der Waals surface area contributed by atoms with E-state index < -0.39 is 42.9 Å². The highest BCUT2D eigenvalue weighted by molar-refractivity contribution is 7.60. The SMILES string of the molecule is CCOC(C)(OCC)P(=O)(C[C@H](NBC=O)C(=O)ON1C(=O)CCC1=O)OCC. The lowest BCUT2D eigenvalue weighted by Gasteiger charge is -2.37. The third-order valence-corrected chi connectivity index (χ3v) is 7.14. The quantitative estimate of drug-likeness (QED) is 0.132. The summed E-state index contributed by atoms with van der Waals surface area (Å²) in [6.07, 6.45) is -0.0754. The molecule has 29 heavy (non-hydrogen) atoms. The largest absolute Gasteiger partial charge is 0.349 e. The molecule has 1 aliphatic heterocycles. The molecule has 0 aromatic heterocycles. The van der Waals surface area contributed by atoms with Gasteiger partial charge in [0.05, 0.1) is 19.0 Å². The monoisotopic (exact) mass is 434 g/mol. The molecule has 0 spiro atoms. The molecule has 1 unspecified atom stereocenters. The van der Waals surface area contributed by atoms with Gasteiger partial charge >= 0.3 is 5.97 Å². The fourth-order valence-corrected chi connectivity index (χ4v) is 5.28. The van der Waals surface area contributed by atoms with Gasteiger partial charge in [-0.1, -0.05) is 0 Å². The van der Waals surface area contributed by atoms with Crippen LogP contribution in [0, 0.1) is 0 Å². The van der Waals surface area contributed by atoms with Crippen LogP contribution < -0.4 is 5.23 Å². The number of hydrogen-bond donors (Lipinski definition) is 1. The number of nitrogens with zero attached hydrogens (tertiary/aromatic N) is 1. The van der Waals surface area contributed by atoms with Crippen molar-refractivity contribution in [2.45, 2.75) is 52.1 Å². The van der Waals surface area contributed by atoms with E-state index in [1.165, 1.54) is 6.92 Å². The number of hydroxylamine groups is 2. The molecule has 1 N–H and O–H groups in total. The molecule has 1 aliphatic rings. The van der Waals surface area contributed by atoms with Crippen molar-refractivity contribution in [2.75, 3.05) is 26.0 Å². The van der Waals surface area contributed by atoms with Crippen LogP contribution in [0.2, 0.25) is 0 Å². The van der Waals surface area contributed by atoms with Gasteiger partial charge in [-0.3, -0.25) is 14.2 Å². The summed E-state index contributed by atoms with van der Waals surface area (Å²) in [6, 6.07) is -1.32. The highest BCUT2D eigenvalue weighted by Gasteiger charge is 2.50. The van der Waals surface area contributed by atoms with Gasteiger partial charge in [-0.15, -0.1) is 5.06 Å². The molecule has 0 aromatic carbocycles. The number of nitrogens with one attached hydrogen (secondary N) is 1. The van der Waals surface area contributed by atoms with Gasteiger partial charge in [0.2, 0.25) is 5.53 Å². The number of carbonyl (C=O) groups is 4. The topological polar surface area (TPSA) is 138 Å². The minimum atomic E-state index is -3.81. The van der Waals surface area contributed by atoms with E-state index in [1.807, 2.05) is 0 Å². The van der Waals surface area contributed by atoms with Gasteiger partial charge in [-0.25, -0.2) is 4.79 Å². The predicted molar refractivity (Wildman–Crippen MR) is 104 cm³/mol. The Morgan fingerprint density at radius 2 is 1.76 bits per heavy atom. The first-order valence-electron chi connectivity index (χ1n) is 9.44. The fourth-order valence-electron chi connectivity index (χ4n) is 2.78. The fraction of sp³-hybridized carbons (Fsp3) is 0.750. The second-order valence-electron chi connectivity index (χ2n) is 6.16. The lowest BCUT2D eigenvalue weighted by molar-refractivity contribution is -0.198. The number of ether oxygens (including phenoxy) is 2. The number of rotatable bonds is 14. The number of imide groups is 1. The van der Waals surface area contributed by atoms with Crippen molar-refractivity contribution in [3.05, 3.63) is 0 Å². The Kier molecular flexibility index (Phi) is 10.1. The molecule has 1 rings (SSSR count). The first-order chi connectivity index (χ1) is 13.7. The van der Waals surface area contributed by atoms with Crippen molar-refractivity contribution in [3.63, 3.8) is 0 Å². The molecule has 0 radical (unpaired) electrons. The summed E-state index contributed by atoms with van der Waals surface area (Å²) in [7, 11) is -4.07. The minimum Gasteiger partial charge on any atom is -0.342 e. The zero-order valence-corrected chi connectivity index (χ0v) is 18.1. The highest BCUT2D eigenvalue weighted by Crippen LogP contribution is 2.60. The van der Waals surface area contributed by atoms with E-state index >= 15 is 0 Å². The smallest absolute Gasteiger partial charge is 0.342 e. The average molecular weight is 434 g/mol. The van der Waals surface area contributed by atoms with Crippen LogP contribution in [0.1, 0.15) is 40.5 Å². The van der Waals surface area contributed by atoms with E-state index in [9.17, 15) is 23.7 Å². The zero-order chi connectivity index (χ0) is 22.1. The van der Waals surface area contributed by atoms with Crippen LogP contribution in [0.4, 0.5) is 0 Å². The number of carbonyl (C=O) groups excluding carboxylic acids is 4. The maximum atomic E-state index is 13.7. The third-order valence-electron chi connectivity index (χ3n) is 4.12. The van der Waals surface area contributed by atoms with E-state index in [4.69, 9.17) is 18.8 Å². The minimum absolute atomic E-state index is 0.0472. The lowest BCUT2D eigenvalue weighted by Crippen LogP contribution is -2.48. The Hall–Kier alpha value is -1.59. The van der Waals surface area contributed by atoms with E-state index in [-0.39, 0.29) is 40.1 Å². The van der Waals surface area contributed by atoms with Crippen LogP contribution in [0.5, 0.6) is 0 Å². The van der Waals surface area contributed by atoms with E-state index in [2.05, 4.69) is 5.23 Å². The summed E-state index contributed by atoms with van der Waals surface area (Å²) in [5.41, 5.74) is -1.65. The van der Waals surface area contributed by atoms with Crippen molar-refractivity contribution in [1.29, 1.82) is 0 Å². The van der Waals surface area contributed by atoms with Crippen molar-refractivity contribution in [1.82, 2.24) is 10.3 Å². The van der Waals surface area contributed by atoms with Crippen LogP contribution >= 0.6 is 7.37 Å². The average Bonchev–Trinajstić information content (AvgIpc) is 2.97. The van der Waals surface area contributed by atoms with Gasteiger partial charge in [0.1, 0.15) is 6.04 Å². The first-order valence-corrected chi connectivity index (χ1v) is 11.2. The Morgan fingerprint density at radius 1 is 1.21 bits per heavy atom. The van der Waals surface area contributed by atoms with Crippen LogP contribution in [0.25, 0.3) is 0 Å². The van der Waals surface area contributed by atoms with Gasteiger partial charge < -0.3 is 28.9 Å². The second kappa shape index (κ2) is 11.6. The standard InChI is InChI=1S/C16H28BN2O9P/c1-5-25-16(4,26-6-2)29(24,27-7-3)10-12(18-17-11-20)15(23)28-19-13(21)8-9-14(19)22/h11-12,17-18H,5-10H2,1-4H3/t12-,29?/m0/s1. The molecule has 2 atom stereocenters. The molecular formula is C16H28BN2O9P. The first kappa shape index (κ1) is 25.5. The molecule has 1 heterocycles. The normalized spacial score (nSPS) is 17.7. The van der Waals surface area contributed by atoms with Gasteiger partial charge in [0.15, 0.2) is 0 Å². The van der Waals surface area contributed by atoms with Gasteiger partial charge in [-0.2, -0.15) is 0 Å².